The molecule has 2 saturated carbocycles. The number of carbonyl (C=O) groups is 1. The molecule has 1 unspecified atom stereocenters. The van der Waals surface area contributed by atoms with Crippen LogP contribution in [0.2, 0.25) is 0 Å². The Morgan fingerprint density at radius 2 is 1.73 bits per heavy atom. The number of esters is 1. The van der Waals surface area contributed by atoms with Crippen LogP contribution in [-0.4, -0.2) is 38.6 Å². The third-order valence-electron chi connectivity index (χ3n) is 5.22. The van der Waals surface area contributed by atoms with Crippen molar-refractivity contribution in [1.82, 2.24) is 0 Å². The molecule has 144 valence electrons. The summed E-state index contributed by atoms with van der Waals surface area (Å²) in [6.07, 6.45) is -1.08. The first-order valence-electron chi connectivity index (χ1n) is 9.11. The van der Waals surface area contributed by atoms with Gasteiger partial charge in [-0.05, 0) is 62.6 Å². The van der Waals surface area contributed by atoms with E-state index in [2.05, 4.69) is 0 Å². The maximum atomic E-state index is 13.5. The van der Waals surface area contributed by atoms with Gasteiger partial charge in [-0.25, -0.2) is 17.2 Å². The standard InChI is InChI=1S/C19H24F2O4S/c1-2-25-19(22)16(9-12-10-17(20)18(21)11-12)13-3-5-14(6-4-13)26(23,24)15-7-8-15/h3-6,12,15-18H,2,7-11H2,1H3/t12-,16?,17+,18-. The molecule has 0 heterocycles. The van der Waals surface area contributed by atoms with Crippen LogP contribution in [0.25, 0.3) is 0 Å². The molecule has 0 aliphatic heterocycles. The molecule has 0 spiro atoms. The molecule has 4 nitrogen and oxygen atoms in total. The van der Waals surface area contributed by atoms with Crippen LogP contribution >= 0.6 is 0 Å². The molecule has 1 aromatic carbocycles. The highest BCUT2D eigenvalue weighted by atomic mass is 32.2. The second-order valence-corrected chi connectivity index (χ2v) is 9.45. The van der Waals surface area contributed by atoms with Gasteiger partial charge >= 0.3 is 5.97 Å². The monoisotopic (exact) mass is 386 g/mol. The number of rotatable bonds is 7. The van der Waals surface area contributed by atoms with E-state index in [-0.39, 0.29) is 35.5 Å². The average molecular weight is 386 g/mol. The molecule has 0 amide bonds. The van der Waals surface area contributed by atoms with E-state index in [0.29, 0.717) is 24.8 Å². The Kier molecular flexibility index (Phi) is 5.65. The zero-order valence-electron chi connectivity index (χ0n) is 14.7. The van der Waals surface area contributed by atoms with Crippen LogP contribution in [0.1, 0.15) is 50.5 Å². The second-order valence-electron chi connectivity index (χ2n) is 7.22. The Hall–Kier alpha value is -1.50. The molecular formula is C19H24F2O4S. The van der Waals surface area contributed by atoms with Crippen LogP contribution in [0.5, 0.6) is 0 Å². The topological polar surface area (TPSA) is 60.4 Å². The lowest BCUT2D eigenvalue weighted by atomic mass is 9.88. The third-order valence-corrected chi connectivity index (χ3v) is 7.50. The summed E-state index contributed by atoms with van der Waals surface area (Å²) in [5.41, 5.74) is 0.621. The predicted molar refractivity (Wildman–Crippen MR) is 93.2 cm³/mol. The van der Waals surface area contributed by atoms with E-state index in [4.69, 9.17) is 4.74 Å². The molecule has 0 N–H and O–H groups in total. The number of carbonyl (C=O) groups excluding carboxylic acids is 1. The number of hydrogen-bond acceptors (Lipinski definition) is 4. The Labute approximate surface area is 152 Å². The van der Waals surface area contributed by atoms with Crippen molar-refractivity contribution in [2.24, 2.45) is 5.92 Å². The Balaban J connectivity index is 1.79. The van der Waals surface area contributed by atoms with Crippen molar-refractivity contribution >= 4 is 15.8 Å². The van der Waals surface area contributed by atoms with E-state index in [1.54, 1.807) is 19.1 Å². The molecule has 0 radical (unpaired) electrons. The SMILES string of the molecule is CCOC(=O)C(C[C@H]1C[C@@H](F)[C@@H](F)C1)c1ccc(S(=O)(=O)C2CC2)cc1. The van der Waals surface area contributed by atoms with Gasteiger partial charge in [0.25, 0.3) is 0 Å². The number of sulfone groups is 1. The summed E-state index contributed by atoms with van der Waals surface area (Å²) in [5.74, 6) is -1.32. The molecule has 4 atom stereocenters. The number of ether oxygens (including phenoxy) is 1. The Morgan fingerprint density at radius 3 is 2.23 bits per heavy atom. The highest BCUT2D eigenvalue weighted by molar-refractivity contribution is 7.92. The lowest BCUT2D eigenvalue weighted by molar-refractivity contribution is -0.145. The summed E-state index contributed by atoms with van der Waals surface area (Å²) >= 11 is 0. The molecule has 0 bridgehead atoms. The summed E-state index contributed by atoms with van der Waals surface area (Å²) in [7, 11) is -3.29. The van der Waals surface area contributed by atoms with E-state index < -0.39 is 34.1 Å². The summed E-state index contributed by atoms with van der Waals surface area (Å²) in [4.78, 5) is 12.6. The summed E-state index contributed by atoms with van der Waals surface area (Å²) < 4.78 is 56.7. The number of halogens is 2. The highest BCUT2D eigenvalue weighted by Gasteiger charge is 2.39. The number of hydrogen-bond donors (Lipinski definition) is 0. The molecule has 2 aliphatic rings. The molecule has 2 fully saturated rings. The second kappa shape index (κ2) is 7.62. The van der Waals surface area contributed by atoms with Crippen LogP contribution in [0.3, 0.4) is 0 Å². The maximum absolute atomic E-state index is 13.5. The zero-order valence-corrected chi connectivity index (χ0v) is 15.6. The fraction of sp³-hybridized carbons (Fsp3) is 0.632. The molecule has 26 heavy (non-hydrogen) atoms. The van der Waals surface area contributed by atoms with Crippen LogP contribution in [0, 0.1) is 5.92 Å². The van der Waals surface area contributed by atoms with Gasteiger partial charge in [-0.1, -0.05) is 12.1 Å². The summed E-state index contributed by atoms with van der Waals surface area (Å²) in [6, 6.07) is 6.26. The average Bonchev–Trinajstić information content (AvgIpc) is 3.41. The minimum atomic E-state index is -3.29. The molecule has 7 heteroatoms. The highest BCUT2D eigenvalue weighted by Crippen LogP contribution is 2.39. The van der Waals surface area contributed by atoms with Crippen molar-refractivity contribution in [3.05, 3.63) is 29.8 Å². The van der Waals surface area contributed by atoms with Crippen molar-refractivity contribution in [2.45, 2.75) is 67.4 Å². The van der Waals surface area contributed by atoms with Gasteiger partial charge in [0.2, 0.25) is 0 Å². The van der Waals surface area contributed by atoms with Gasteiger partial charge < -0.3 is 4.74 Å². The Morgan fingerprint density at radius 1 is 1.15 bits per heavy atom. The lowest BCUT2D eigenvalue weighted by Gasteiger charge is -2.19. The Bertz CT molecular complexity index is 733. The van der Waals surface area contributed by atoms with Gasteiger partial charge in [0, 0.05) is 0 Å². The van der Waals surface area contributed by atoms with Gasteiger partial charge in [-0.2, -0.15) is 0 Å². The largest absolute Gasteiger partial charge is 0.466 e. The smallest absolute Gasteiger partial charge is 0.313 e. The molecule has 2 aliphatic carbocycles. The van der Waals surface area contributed by atoms with E-state index in [1.165, 1.54) is 12.1 Å². The number of alkyl halides is 2. The molecule has 1 aromatic rings. The van der Waals surface area contributed by atoms with Crippen molar-refractivity contribution < 1.29 is 26.7 Å². The van der Waals surface area contributed by atoms with Gasteiger partial charge in [0.15, 0.2) is 9.84 Å². The van der Waals surface area contributed by atoms with E-state index in [1.807, 2.05) is 0 Å². The van der Waals surface area contributed by atoms with Crippen LogP contribution in [0.15, 0.2) is 29.2 Å². The van der Waals surface area contributed by atoms with Crippen LogP contribution in [-0.2, 0) is 19.4 Å². The van der Waals surface area contributed by atoms with Crippen molar-refractivity contribution in [2.75, 3.05) is 6.61 Å². The fourth-order valence-corrected chi connectivity index (χ4v) is 5.28. The van der Waals surface area contributed by atoms with E-state index in [0.717, 1.165) is 0 Å². The van der Waals surface area contributed by atoms with Crippen molar-refractivity contribution in [3.8, 4) is 0 Å². The first kappa shape index (κ1) is 19.3. The van der Waals surface area contributed by atoms with Crippen LogP contribution < -0.4 is 0 Å². The molecular weight excluding hydrogens is 362 g/mol. The maximum Gasteiger partial charge on any atom is 0.313 e. The van der Waals surface area contributed by atoms with Gasteiger partial charge in [-0.3, -0.25) is 4.79 Å². The number of benzene rings is 1. The summed E-state index contributed by atoms with van der Waals surface area (Å²) in [6.45, 7) is 1.91. The molecule has 0 saturated heterocycles. The summed E-state index contributed by atoms with van der Waals surface area (Å²) in [5, 5.41) is -0.296. The normalized spacial score (nSPS) is 27.3. The third kappa shape index (κ3) is 4.08. The van der Waals surface area contributed by atoms with Gasteiger partial charge in [0.1, 0.15) is 12.3 Å². The van der Waals surface area contributed by atoms with Crippen molar-refractivity contribution in [1.29, 1.82) is 0 Å². The van der Waals surface area contributed by atoms with Gasteiger partial charge in [0.05, 0.1) is 22.7 Å². The zero-order chi connectivity index (χ0) is 18.9. The van der Waals surface area contributed by atoms with E-state index in [9.17, 15) is 22.0 Å². The molecule has 3 rings (SSSR count). The van der Waals surface area contributed by atoms with Gasteiger partial charge in [-0.15, -0.1) is 0 Å². The molecule has 0 aromatic heterocycles. The van der Waals surface area contributed by atoms with E-state index >= 15 is 0 Å². The minimum Gasteiger partial charge on any atom is -0.466 e. The van der Waals surface area contributed by atoms with Crippen molar-refractivity contribution in [3.63, 3.8) is 0 Å². The first-order chi connectivity index (χ1) is 12.3. The predicted octanol–water partition coefficient (Wildman–Crippen LogP) is 3.75. The minimum absolute atomic E-state index is 0.102. The first-order valence-corrected chi connectivity index (χ1v) is 10.7. The quantitative estimate of drug-likeness (QED) is 0.670. The fourth-order valence-electron chi connectivity index (χ4n) is 3.63. The lowest BCUT2D eigenvalue weighted by Crippen LogP contribution is -2.19. The van der Waals surface area contributed by atoms with Crippen LogP contribution in [0.4, 0.5) is 8.78 Å².